The lowest BCUT2D eigenvalue weighted by molar-refractivity contribution is 0.0516. The van der Waals surface area contributed by atoms with Gasteiger partial charge in [0.1, 0.15) is 5.82 Å². The van der Waals surface area contributed by atoms with Crippen LogP contribution in [0.3, 0.4) is 0 Å². The Morgan fingerprint density at radius 3 is 2.69 bits per heavy atom. The molecule has 1 aliphatic carbocycles. The highest BCUT2D eigenvalue weighted by molar-refractivity contribution is 5.89. The molecule has 1 heterocycles. The van der Waals surface area contributed by atoms with Gasteiger partial charge in [0.25, 0.3) is 0 Å². The average molecular weight is 221 g/mol. The smallest absolute Gasteiger partial charge is 0.359 e. The second-order valence-electron chi connectivity index (χ2n) is 3.82. The number of hydrogen-bond acceptors (Lipinski definition) is 5. The van der Waals surface area contributed by atoms with Crippen LogP contribution in [0.15, 0.2) is 0 Å². The molecule has 0 aromatic carbocycles. The van der Waals surface area contributed by atoms with E-state index in [2.05, 4.69) is 10.2 Å². The van der Waals surface area contributed by atoms with Gasteiger partial charge in [0, 0.05) is 5.56 Å². The second-order valence-corrected chi connectivity index (χ2v) is 3.82. The molecule has 0 saturated carbocycles. The van der Waals surface area contributed by atoms with E-state index in [4.69, 9.17) is 10.5 Å². The predicted octanol–water partition coefficient (Wildman–Crippen LogP) is 1.11. The van der Waals surface area contributed by atoms with Crippen molar-refractivity contribution in [3.8, 4) is 0 Å². The van der Waals surface area contributed by atoms with E-state index in [-0.39, 0.29) is 0 Å². The summed E-state index contributed by atoms with van der Waals surface area (Å²) in [4.78, 5) is 11.7. The van der Waals surface area contributed by atoms with Crippen molar-refractivity contribution in [2.45, 2.75) is 32.6 Å². The van der Waals surface area contributed by atoms with E-state index in [1.54, 1.807) is 6.92 Å². The standard InChI is InChI=1S/C11H15N3O2/c1-2-16-11(15)9-7-5-3-4-6-8(7)10(12)14-13-9/h2-6H2,1H3,(H2,12,14). The van der Waals surface area contributed by atoms with E-state index in [0.717, 1.165) is 36.8 Å². The van der Waals surface area contributed by atoms with E-state index < -0.39 is 5.97 Å². The van der Waals surface area contributed by atoms with Crippen LogP contribution < -0.4 is 5.73 Å². The summed E-state index contributed by atoms with van der Waals surface area (Å²) in [5.41, 5.74) is 8.00. The SMILES string of the molecule is CCOC(=O)c1nnc(N)c2c1CCCC2. The summed E-state index contributed by atoms with van der Waals surface area (Å²) in [5, 5.41) is 7.68. The monoisotopic (exact) mass is 221 g/mol. The normalized spacial score (nSPS) is 14.3. The van der Waals surface area contributed by atoms with Gasteiger partial charge in [0.2, 0.25) is 0 Å². The number of fused-ring (bicyclic) bond motifs is 1. The zero-order valence-corrected chi connectivity index (χ0v) is 9.32. The number of esters is 1. The Bertz CT molecular complexity index is 418. The number of aromatic nitrogens is 2. The summed E-state index contributed by atoms with van der Waals surface area (Å²) in [5.74, 6) is 0.0518. The zero-order valence-electron chi connectivity index (χ0n) is 9.32. The molecule has 5 nitrogen and oxygen atoms in total. The predicted molar refractivity (Wildman–Crippen MR) is 59.0 cm³/mol. The number of carbonyl (C=O) groups is 1. The largest absolute Gasteiger partial charge is 0.461 e. The lowest BCUT2D eigenvalue weighted by Gasteiger charge is -2.18. The number of carbonyl (C=O) groups excluding carboxylic acids is 1. The van der Waals surface area contributed by atoms with Crippen LogP contribution in [0, 0.1) is 0 Å². The molecule has 1 aliphatic rings. The molecule has 16 heavy (non-hydrogen) atoms. The summed E-state index contributed by atoms with van der Waals surface area (Å²) < 4.78 is 4.95. The van der Waals surface area contributed by atoms with Gasteiger partial charge in [-0.15, -0.1) is 10.2 Å². The molecule has 1 aromatic heterocycles. The summed E-state index contributed by atoms with van der Waals surface area (Å²) >= 11 is 0. The fourth-order valence-corrected chi connectivity index (χ4v) is 2.04. The van der Waals surface area contributed by atoms with Gasteiger partial charge in [-0.3, -0.25) is 0 Å². The lowest BCUT2D eigenvalue weighted by atomic mass is 9.91. The topological polar surface area (TPSA) is 78.1 Å². The molecule has 0 fully saturated rings. The Labute approximate surface area is 94.0 Å². The van der Waals surface area contributed by atoms with Gasteiger partial charge in [-0.2, -0.15) is 0 Å². The van der Waals surface area contributed by atoms with Crippen molar-refractivity contribution in [2.24, 2.45) is 0 Å². The molecule has 0 atom stereocenters. The van der Waals surface area contributed by atoms with Gasteiger partial charge >= 0.3 is 5.97 Å². The molecule has 0 amide bonds. The minimum Gasteiger partial charge on any atom is -0.461 e. The number of nitrogens with two attached hydrogens (primary N) is 1. The molecule has 0 saturated heterocycles. The molecule has 0 aliphatic heterocycles. The van der Waals surface area contributed by atoms with Crippen molar-refractivity contribution >= 4 is 11.8 Å². The fourth-order valence-electron chi connectivity index (χ4n) is 2.04. The molecule has 5 heteroatoms. The van der Waals surface area contributed by atoms with Crippen LogP contribution in [0.4, 0.5) is 5.82 Å². The van der Waals surface area contributed by atoms with Crippen molar-refractivity contribution in [3.05, 3.63) is 16.8 Å². The summed E-state index contributed by atoms with van der Waals surface area (Å²) in [7, 11) is 0. The van der Waals surface area contributed by atoms with Crippen LogP contribution in [0.25, 0.3) is 0 Å². The molecular weight excluding hydrogens is 206 g/mol. The molecule has 86 valence electrons. The molecule has 0 unspecified atom stereocenters. The minimum absolute atomic E-state index is 0.339. The van der Waals surface area contributed by atoms with Crippen LogP contribution in [0.5, 0.6) is 0 Å². The summed E-state index contributed by atoms with van der Waals surface area (Å²) in [6.45, 7) is 2.12. The zero-order chi connectivity index (χ0) is 11.5. The van der Waals surface area contributed by atoms with Crippen molar-refractivity contribution < 1.29 is 9.53 Å². The van der Waals surface area contributed by atoms with Gasteiger partial charge in [-0.05, 0) is 38.2 Å². The molecular formula is C11H15N3O2. The molecule has 0 bridgehead atoms. The highest BCUT2D eigenvalue weighted by Gasteiger charge is 2.22. The first kappa shape index (κ1) is 10.9. The molecule has 0 spiro atoms. The first-order valence-corrected chi connectivity index (χ1v) is 5.55. The van der Waals surface area contributed by atoms with Crippen LogP contribution in [-0.2, 0) is 17.6 Å². The third-order valence-corrected chi connectivity index (χ3v) is 2.79. The highest BCUT2D eigenvalue weighted by atomic mass is 16.5. The van der Waals surface area contributed by atoms with Gasteiger partial charge in [0.05, 0.1) is 6.61 Å². The third-order valence-electron chi connectivity index (χ3n) is 2.79. The second kappa shape index (κ2) is 4.47. The van der Waals surface area contributed by atoms with Crippen molar-refractivity contribution in [1.82, 2.24) is 10.2 Å². The maximum Gasteiger partial charge on any atom is 0.359 e. The first-order valence-electron chi connectivity index (χ1n) is 5.55. The number of hydrogen-bond donors (Lipinski definition) is 1. The van der Waals surface area contributed by atoms with Crippen molar-refractivity contribution in [1.29, 1.82) is 0 Å². The Kier molecular flexibility index (Phi) is 3.03. The van der Waals surface area contributed by atoms with Gasteiger partial charge in [-0.25, -0.2) is 4.79 Å². The minimum atomic E-state index is -0.395. The number of rotatable bonds is 2. The van der Waals surface area contributed by atoms with Gasteiger partial charge in [0.15, 0.2) is 5.69 Å². The Balaban J connectivity index is 2.42. The third kappa shape index (κ3) is 1.85. The van der Waals surface area contributed by atoms with Crippen LogP contribution >= 0.6 is 0 Å². The van der Waals surface area contributed by atoms with E-state index >= 15 is 0 Å². The first-order chi connectivity index (χ1) is 7.74. The number of anilines is 1. The van der Waals surface area contributed by atoms with Gasteiger partial charge < -0.3 is 10.5 Å². The van der Waals surface area contributed by atoms with E-state index in [1.165, 1.54) is 0 Å². The Morgan fingerprint density at radius 2 is 2.00 bits per heavy atom. The van der Waals surface area contributed by atoms with Crippen LogP contribution in [0.1, 0.15) is 41.4 Å². The van der Waals surface area contributed by atoms with E-state index in [0.29, 0.717) is 18.1 Å². The number of ether oxygens (including phenoxy) is 1. The molecule has 2 rings (SSSR count). The van der Waals surface area contributed by atoms with Gasteiger partial charge in [-0.1, -0.05) is 0 Å². The van der Waals surface area contributed by atoms with Crippen LogP contribution in [0.2, 0.25) is 0 Å². The van der Waals surface area contributed by atoms with Crippen molar-refractivity contribution in [2.75, 3.05) is 12.3 Å². The fraction of sp³-hybridized carbons (Fsp3) is 0.545. The molecule has 0 radical (unpaired) electrons. The maximum atomic E-state index is 11.7. The summed E-state index contributed by atoms with van der Waals surface area (Å²) in [6, 6.07) is 0. The highest BCUT2D eigenvalue weighted by Crippen LogP contribution is 2.26. The number of nitrogen functional groups attached to an aromatic ring is 1. The molecule has 2 N–H and O–H groups in total. The molecule has 1 aromatic rings. The van der Waals surface area contributed by atoms with E-state index in [1.807, 2.05) is 0 Å². The number of nitrogens with zero attached hydrogens (tertiary/aromatic N) is 2. The van der Waals surface area contributed by atoms with Crippen molar-refractivity contribution in [3.63, 3.8) is 0 Å². The maximum absolute atomic E-state index is 11.7. The summed E-state index contributed by atoms with van der Waals surface area (Å²) in [6.07, 6.45) is 3.86. The quantitative estimate of drug-likeness (QED) is 0.757. The lowest BCUT2D eigenvalue weighted by Crippen LogP contribution is -2.18. The Hall–Kier alpha value is -1.65. The van der Waals surface area contributed by atoms with Crippen LogP contribution in [-0.4, -0.2) is 22.8 Å². The average Bonchev–Trinajstić information content (AvgIpc) is 2.30. The van der Waals surface area contributed by atoms with E-state index in [9.17, 15) is 4.79 Å². The Morgan fingerprint density at radius 1 is 1.31 bits per heavy atom.